The number of hydrogen-bond acceptors (Lipinski definition) is 4. The first kappa shape index (κ1) is 17.7. The van der Waals surface area contributed by atoms with Gasteiger partial charge < -0.3 is 16.2 Å². The minimum absolute atomic E-state index is 0.0925. The molecule has 1 heterocycles. The molecule has 0 fully saturated rings. The van der Waals surface area contributed by atoms with Gasteiger partial charge in [0.1, 0.15) is 5.00 Å². The number of rotatable bonds is 6. The van der Waals surface area contributed by atoms with Crippen LogP contribution in [0.3, 0.4) is 0 Å². The highest BCUT2D eigenvalue weighted by Gasteiger charge is 2.26. The normalized spacial score (nSPS) is 11.8. The quantitative estimate of drug-likeness (QED) is 0.747. The molecule has 0 saturated carbocycles. The summed E-state index contributed by atoms with van der Waals surface area (Å²) in [5.74, 6) is -2.65. The monoisotopic (exact) mass is 346 g/mol. The Kier molecular flexibility index (Phi) is 5.35. The molecule has 4 N–H and O–H groups in total. The molecule has 2 amide bonds. The van der Waals surface area contributed by atoms with Gasteiger partial charge in [-0.3, -0.25) is 9.59 Å². The van der Waals surface area contributed by atoms with Crippen molar-refractivity contribution in [3.05, 3.63) is 51.9 Å². The fraction of sp³-hybridized carbons (Fsp3) is 0.235. The van der Waals surface area contributed by atoms with Crippen molar-refractivity contribution in [2.24, 2.45) is 5.73 Å². The number of nitrogens with one attached hydrogen (secondary N) is 1. The molecule has 1 atom stereocenters. The highest BCUT2D eigenvalue weighted by atomic mass is 32.1. The van der Waals surface area contributed by atoms with Gasteiger partial charge in [-0.05, 0) is 24.5 Å². The Morgan fingerprint density at radius 3 is 2.38 bits per heavy atom. The number of benzene rings is 1. The van der Waals surface area contributed by atoms with E-state index in [0.717, 1.165) is 16.9 Å². The molecule has 0 aliphatic heterocycles. The summed E-state index contributed by atoms with van der Waals surface area (Å²) in [5, 5.41) is 12.2. The van der Waals surface area contributed by atoms with Crippen molar-refractivity contribution in [1.29, 1.82) is 0 Å². The maximum atomic E-state index is 12.6. The summed E-state index contributed by atoms with van der Waals surface area (Å²) in [5.41, 5.74) is 6.29. The van der Waals surface area contributed by atoms with E-state index < -0.39 is 17.8 Å². The number of anilines is 1. The predicted octanol–water partition coefficient (Wildman–Crippen LogP) is 2.99. The molecule has 0 radical (unpaired) electrons. The zero-order chi connectivity index (χ0) is 17.9. The van der Waals surface area contributed by atoms with E-state index in [1.54, 1.807) is 0 Å². The van der Waals surface area contributed by atoms with Crippen molar-refractivity contribution in [1.82, 2.24) is 0 Å². The van der Waals surface area contributed by atoms with Gasteiger partial charge in [0, 0.05) is 0 Å². The lowest BCUT2D eigenvalue weighted by atomic mass is 9.95. The average molecular weight is 346 g/mol. The van der Waals surface area contributed by atoms with Crippen LogP contribution >= 0.6 is 11.3 Å². The van der Waals surface area contributed by atoms with E-state index in [4.69, 9.17) is 5.73 Å². The van der Waals surface area contributed by atoms with E-state index in [1.807, 2.05) is 37.3 Å². The van der Waals surface area contributed by atoms with Crippen molar-refractivity contribution in [2.75, 3.05) is 5.32 Å². The van der Waals surface area contributed by atoms with E-state index in [-0.39, 0.29) is 26.9 Å². The lowest BCUT2D eigenvalue weighted by Gasteiger charge is -2.15. The highest BCUT2D eigenvalue weighted by Crippen LogP contribution is 2.34. The number of nitrogens with two attached hydrogens (primary N) is 1. The van der Waals surface area contributed by atoms with Crippen molar-refractivity contribution < 1.29 is 19.5 Å². The summed E-state index contributed by atoms with van der Waals surface area (Å²) in [4.78, 5) is 35.6. The summed E-state index contributed by atoms with van der Waals surface area (Å²) < 4.78 is 0. The topological polar surface area (TPSA) is 109 Å². The smallest absolute Gasteiger partial charge is 0.339 e. The van der Waals surface area contributed by atoms with Gasteiger partial charge in [0.25, 0.3) is 5.91 Å². The molecule has 1 unspecified atom stereocenters. The van der Waals surface area contributed by atoms with E-state index in [2.05, 4.69) is 5.32 Å². The summed E-state index contributed by atoms with van der Waals surface area (Å²) in [6.45, 7) is 3.38. The minimum Gasteiger partial charge on any atom is -0.478 e. The molecule has 2 aromatic rings. The van der Waals surface area contributed by atoms with Crippen molar-refractivity contribution in [2.45, 2.75) is 26.2 Å². The number of carboxylic acid groups (broad SMARTS) is 1. The standard InChI is InChI=1S/C17H18N2O4S/c1-3-11(10-7-5-4-6-8-10)15(21)19-16-12(17(22)23)9(2)13(24-16)14(18)20/h4-8,11H,3H2,1-2H3,(H2,18,20)(H,19,21)(H,22,23). The van der Waals surface area contributed by atoms with Gasteiger partial charge in [0.2, 0.25) is 5.91 Å². The molecule has 0 spiro atoms. The largest absolute Gasteiger partial charge is 0.478 e. The predicted molar refractivity (Wildman–Crippen MR) is 92.6 cm³/mol. The molecule has 7 heteroatoms. The van der Waals surface area contributed by atoms with Gasteiger partial charge in [-0.2, -0.15) is 0 Å². The number of thiophene rings is 1. The first-order valence-electron chi connectivity index (χ1n) is 7.39. The molecule has 0 aliphatic rings. The van der Waals surface area contributed by atoms with Crippen LogP contribution in [0.5, 0.6) is 0 Å². The average Bonchev–Trinajstić information content (AvgIpc) is 2.85. The molecule has 24 heavy (non-hydrogen) atoms. The molecule has 126 valence electrons. The summed E-state index contributed by atoms with van der Waals surface area (Å²) >= 11 is 0.887. The van der Waals surface area contributed by atoms with Crippen LogP contribution in [0.1, 0.15) is 50.4 Å². The van der Waals surface area contributed by atoms with Crippen LogP contribution < -0.4 is 11.1 Å². The Bertz CT molecular complexity index is 783. The van der Waals surface area contributed by atoms with E-state index in [9.17, 15) is 19.5 Å². The Hall–Kier alpha value is -2.67. The second kappa shape index (κ2) is 7.27. The molecule has 0 saturated heterocycles. The fourth-order valence-electron chi connectivity index (χ4n) is 2.55. The van der Waals surface area contributed by atoms with E-state index in [1.165, 1.54) is 6.92 Å². The van der Waals surface area contributed by atoms with Gasteiger partial charge >= 0.3 is 5.97 Å². The minimum atomic E-state index is -1.21. The molecule has 1 aromatic carbocycles. The third-order valence-electron chi connectivity index (χ3n) is 3.75. The molecule has 6 nitrogen and oxygen atoms in total. The molecule has 2 rings (SSSR count). The van der Waals surface area contributed by atoms with E-state index >= 15 is 0 Å². The Balaban J connectivity index is 2.36. The van der Waals surface area contributed by atoms with Crippen LogP contribution in [-0.4, -0.2) is 22.9 Å². The Labute approximate surface area is 143 Å². The lowest BCUT2D eigenvalue weighted by Crippen LogP contribution is -2.21. The summed E-state index contributed by atoms with van der Waals surface area (Å²) in [6, 6.07) is 9.24. The SMILES string of the molecule is CCC(C(=O)Nc1sc(C(N)=O)c(C)c1C(=O)O)c1ccccc1. The van der Waals surface area contributed by atoms with Crippen molar-refractivity contribution >= 4 is 34.1 Å². The zero-order valence-corrected chi connectivity index (χ0v) is 14.1. The molecule has 0 bridgehead atoms. The number of carboxylic acids is 1. The summed E-state index contributed by atoms with van der Waals surface area (Å²) in [6.07, 6.45) is 0.561. The van der Waals surface area contributed by atoms with Crippen LogP contribution in [0.4, 0.5) is 5.00 Å². The first-order valence-corrected chi connectivity index (χ1v) is 8.20. The van der Waals surface area contributed by atoms with Crippen molar-refractivity contribution in [3.8, 4) is 0 Å². The van der Waals surface area contributed by atoms with Crippen LogP contribution in [0, 0.1) is 6.92 Å². The zero-order valence-electron chi connectivity index (χ0n) is 13.3. The lowest BCUT2D eigenvalue weighted by molar-refractivity contribution is -0.117. The van der Waals surface area contributed by atoms with Crippen LogP contribution in [-0.2, 0) is 4.79 Å². The number of hydrogen-bond donors (Lipinski definition) is 3. The van der Waals surface area contributed by atoms with Crippen LogP contribution in [0.2, 0.25) is 0 Å². The second-order valence-corrected chi connectivity index (χ2v) is 6.31. The number of carbonyl (C=O) groups excluding carboxylic acids is 2. The van der Waals surface area contributed by atoms with Gasteiger partial charge in [-0.15, -0.1) is 11.3 Å². The molecular weight excluding hydrogens is 328 g/mol. The first-order chi connectivity index (χ1) is 11.4. The fourth-order valence-corrected chi connectivity index (χ4v) is 3.60. The number of primary amides is 1. The number of amides is 2. The van der Waals surface area contributed by atoms with Gasteiger partial charge in [-0.1, -0.05) is 37.3 Å². The van der Waals surface area contributed by atoms with Crippen LogP contribution in [0.25, 0.3) is 0 Å². The summed E-state index contributed by atoms with van der Waals surface area (Å²) in [7, 11) is 0. The van der Waals surface area contributed by atoms with Crippen LogP contribution in [0.15, 0.2) is 30.3 Å². The third-order valence-corrected chi connectivity index (χ3v) is 4.97. The number of carbonyl (C=O) groups is 3. The second-order valence-electron chi connectivity index (χ2n) is 5.29. The van der Waals surface area contributed by atoms with Gasteiger partial charge in [0.15, 0.2) is 0 Å². The third kappa shape index (κ3) is 3.46. The van der Waals surface area contributed by atoms with Gasteiger partial charge in [0.05, 0.1) is 16.4 Å². The van der Waals surface area contributed by atoms with Crippen molar-refractivity contribution in [3.63, 3.8) is 0 Å². The molecule has 0 aliphatic carbocycles. The van der Waals surface area contributed by atoms with Gasteiger partial charge in [-0.25, -0.2) is 4.79 Å². The Morgan fingerprint density at radius 1 is 1.25 bits per heavy atom. The molecular formula is C17H18N2O4S. The molecule has 1 aromatic heterocycles. The van der Waals surface area contributed by atoms with E-state index in [0.29, 0.717) is 6.42 Å². The maximum absolute atomic E-state index is 12.6. The number of aromatic carboxylic acids is 1. The highest BCUT2D eigenvalue weighted by molar-refractivity contribution is 7.18. The Morgan fingerprint density at radius 2 is 1.88 bits per heavy atom. The maximum Gasteiger partial charge on any atom is 0.339 e.